The number of Topliss-reactive ketones (excluding diaryl/α,β-unsaturated/α-hetero) is 2. The third-order valence-electron chi connectivity index (χ3n) is 4.29. The number of ketones is 2. The number of aromatic hydroxyl groups is 2. The zero-order valence-corrected chi connectivity index (χ0v) is 12.1. The van der Waals surface area contributed by atoms with E-state index in [0.717, 1.165) is 6.07 Å². The van der Waals surface area contributed by atoms with E-state index in [4.69, 9.17) is 9.47 Å². The van der Waals surface area contributed by atoms with Crippen LogP contribution in [0.2, 0.25) is 0 Å². The van der Waals surface area contributed by atoms with Gasteiger partial charge in [-0.05, 0) is 6.92 Å². The number of methoxy groups -OCH3 is 1. The largest absolute Gasteiger partial charge is 0.507 e. The van der Waals surface area contributed by atoms with E-state index in [9.17, 15) is 24.9 Å². The minimum atomic E-state index is -1.51. The zero-order chi connectivity index (χ0) is 16.2. The summed E-state index contributed by atoms with van der Waals surface area (Å²) in [5.41, 5.74) is -0.463. The van der Waals surface area contributed by atoms with Gasteiger partial charge in [-0.15, -0.1) is 0 Å². The molecule has 0 saturated carbocycles. The van der Waals surface area contributed by atoms with Crippen LogP contribution in [-0.2, 0) is 4.74 Å². The molecule has 0 amide bonds. The number of carbonyl (C=O) groups excluding carboxylic acids is 2. The summed E-state index contributed by atoms with van der Waals surface area (Å²) in [4.78, 5) is 25.2. The molecule has 3 N–H and O–H groups in total. The molecule has 0 radical (unpaired) electrons. The number of phenols is 2. The molecule has 1 aliphatic heterocycles. The summed E-state index contributed by atoms with van der Waals surface area (Å²) in [6.07, 6.45) is -0.0565. The highest BCUT2D eigenvalue weighted by molar-refractivity contribution is 6.19. The smallest absolute Gasteiger partial charge is 0.173 e. The van der Waals surface area contributed by atoms with Crippen molar-refractivity contribution in [3.05, 3.63) is 17.2 Å². The van der Waals surface area contributed by atoms with Crippen LogP contribution in [0.3, 0.4) is 0 Å². The number of benzene rings is 1. The molecule has 3 rings (SSSR count). The van der Waals surface area contributed by atoms with Gasteiger partial charge in [0.15, 0.2) is 28.9 Å². The van der Waals surface area contributed by atoms with Gasteiger partial charge in [0.05, 0.1) is 30.8 Å². The number of phenolic OH excluding ortho intramolecular Hbond substituents is 2. The standard InChI is InChI=1S/C15H16O7/c1-15(20)4-6-7(5-22-15)13(18)10-8(16)3-9(21-2)14(19)11(10)12(6)17/h3,6-7,16,19-20H,4-5H2,1-2H3/t6-,7+,15+/m0/s1. The minimum Gasteiger partial charge on any atom is -0.507 e. The number of hydrogen-bond donors (Lipinski definition) is 3. The predicted octanol–water partition coefficient (Wildman–Crippen LogP) is 0.847. The Bertz CT molecular complexity index is 677. The van der Waals surface area contributed by atoms with Gasteiger partial charge < -0.3 is 24.8 Å². The van der Waals surface area contributed by atoms with E-state index in [1.807, 2.05) is 0 Å². The molecule has 22 heavy (non-hydrogen) atoms. The molecule has 1 aromatic rings. The van der Waals surface area contributed by atoms with Crippen molar-refractivity contribution in [3.63, 3.8) is 0 Å². The summed E-state index contributed by atoms with van der Waals surface area (Å²) in [5.74, 6) is -5.06. The number of fused-ring (bicyclic) bond motifs is 2. The van der Waals surface area contributed by atoms with Crippen LogP contribution in [0.5, 0.6) is 17.2 Å². The zero-order valence-electron chi connectivity index (χ0n) is 12.1. The maximum absolute atomic E-state index is 12.7. The van der Waals surface area contributed by atoms with Crippen LogP contribution in [0.4, 0.5) is 0 Å². The van der Waals surface area contributed by atoms with Gasteiger partial charge in [-0.1, -0.05) is 0 Å². The lowest BCUT2D eigenvalue weighted by Gasteiger charge is -2.40. The molecule has 118 valence electrons. The van der Waals surface area contributed by atoms with Crippen molar-refractivity contribution in [1.29, 1.82) is 0 Å². The van der Waals surface area contributed by atoms with Crippen molar-refractivity contribution >= 4 is 11.6 Å². The normalized spacial score (nSPS) is 30.7. The average Bonchev–Trinajstić information content (AvgIpc) is 2.45. The third-order valence-corrected chi connectivity index (χ3v) is 4.29. The van der Waals surface area contributed by atoms with E-state index in [2.05, 4.69) is 0 Å². The van der Waals surface area contributed by atoms with Gasteiger partial charge >= 0.3 is 0 Å². The summed E-state index contributed by atoms with van der Waals surface area (Å²) >= 11 is 0. The Kier molecular flexibility index (Phi) is 3.15. The van der Waals surface area contributed by atoms with Gasteiger partial charge in [0.2, 0.25) is 0 Å². The molecule has 1 heterocycles. The highest BCUT2D eigenvalue weighted by atomic mass is 16.6. The highest BCUT2D eigenvalue weighted by Crippen LogP contribution is 2.47. The minimum absolute atomic E-state index is 0.0565. The van der Waals surface area contributed by atoms with Crippen molar-refractivity contribution < 1.29 is 34.4 Å². The molecule has 1 saturated heterocycles. The maximum atomic E-state index is 12.7. The molecule has 0 bridgehead atoms. The molecule has 0 aromatic heterocycles. The van der Waals surface area contributed by atoms with Crippen molar-refractivity contribution in [1.82, 2.24) is 0 Å². The molecule has 1 fully saturated rings. The van der Waals surface area contributed by atoms with E-state index in [0.29, 0.717) is 0 Å². The summed E-state index contributed by atoms with van der Waals surface area (Å²) in [6.45, 7) is 1.30. The Morgan fingerprint density at radius 1 is 1.23 bits per heavy atom. The summed E-state index contributed by atoms with van der Waals surface area (Å²) < 4.78 is 10.1. The van der Waals surface area contributed by atoms with Crippen LogP contribution >= 0.6 is 0 Å². The molecule has 7 heteroatoms. The van der Waals surface area contributed by atoms with Gasteiger partial charge in [-0.2, -0.15) is 0 Å². The van der Waals surface area contributed by atoms with Crippen molar-refractivity contribution in [2.45, 2.75) is 19.1 Å². The fourth-order valence-electron chi connectivity index (χ4n) is 3.18. The van der Waals surface area contributed by atoms with Gasteiger partial charge in [0, 0.05) is 18.4 Å². The van der Waals surface area contributed by atoms with Crippen LogP contribution < -0.4 is 4.74 Å². The SMILES string of the molecule is COc1cc(O)c2c(c1O)C(=O)[C@H]1C[C@](C)(O)OC[C@H]1C2=O. The topological polar surface area (TPSA) is 113 Å². The number of ether oxygens (including phenoxy) is 2. The predicted molar refractivity (Wildman–Crippen MR) is 73.2 cm³/mol. The van der Waals surface area contributed by atoms with Crippen molar-refractivity contribution in [3.8, 4) is 17.2 Å². The van der Waals surface area contributed by atoms with Crippen molar-refractivity contribution in [2.75, 3.05) is 13.7 Å². The molecule has 0 spiro atoms. The van der Waals surface area contributed by atoms with Gasteiger partial charge in [0.1, 0.15) is 5.75 Å². The van der Waals surface area contributed by atoms with E-state index in [1.165, 1.54) is 14.0 Å². The average molecular weight is 308 g/mol. The number of hydrogen-bond acceptors (Lipinski definition) is 7. The van der Waals surface area contributed by atoms with E-state index >= 15 is 0 Å². The molecular formula is C15H16O7. The Morgan fingerprint density at radius 2 is 1.86 bits per heavy atom. The maximum Gasteiger partial charge on any atom is 0.173 e. The van der Waals surface area contributed by atoms with Gasteiger partial charge in [-0.3, -0.25) is 9.59 Å². The first-order chi connectivity index (χ1) is 10.3. The second-order valence-corrected chi connectivity index (χ2v) is 5.83. The summed E-state index contributed by atoms with van der Waals surface area (Å²) in [5, 5.41) is 30.2. The van der Waals surface area contributed by atoms with Crippen LogP contribution in [0, 0.1) is 11.8 Å². The van der Waals surface area contributed by atoms with Crippen molar-refractivity contribution in [2.24, 2.45) is 11.8 Å². The fraction of sp³-hybridized carbons (Fsp3) is 0.467. The Balaban J connectivity index is 2.19. The quantitative estimate of drug-likeness (QED) is 0.659. The summed E-state index contributed by atoms with van der Waals surface area (Å²) in [6, 6.07) is 1.10. The first kappa shape index (κ1) is 14.8. The molecular weight excluding hydrogens is 292 g/mol. The molecule has 1 aliphatic carbocycles. The lowest BCUT2D eigenvalue weighted by molar-refractivity contribution is -0.227. The van der Waals surface area contributed by atoms with Crippen LogP contribution in [-0.4, -0.2) is 46.4 Å². The second-order valence-electron chi connectivity index (χ2n) is 5.83. The Morgan fingerprint density at radius 3 is 2.50 bits per heavy atom. The lowest BCUT2D eigenvalue weighted by Crippen LogP contribution is -2.49. The van der Waals surface area contributed by atoms with Crippen LogP contribution in [0.1, 0.15) is 34.1 Å². The van der Waals surface area contributed by atoms with Crippen LogP contribution in [0.15, 0.2) is 6.07 Å². The van der Waals surface area contributed by atoms with E-state index in [1.54, 1.807) is 0 Å². The molecule has 2 aliphatic rings. The Hall–Kier alpha value is -2.12. The molecule has 3 atom stereocenters. The lowest BCUT2D eigenvalue weighted by atomic mass is 9.70. The number of aliphatic hydroxyl groups is 1. The third kappa shape index (κ3) is 1.97. The monoisotopic (exact) mass is 308 g/mol. The van der Waals surface area contributed by atoms with E-state index in [-0.39, 0.29) is 29.9 Å². The summed E-state index contributed by atoms with van der Waals surface area (Å²) in [7, 11) is 1.28. The Labute approximate surface area is 126 Å². The molecule has 0 unspecified atom stereocenters. The second kappa shape index (κ2) is 4.69. The fourth-order valence-corrected chi connectivity index (χ4v) is 3.18. The number of rotatable bonds is 1. The highest BCUT2D eigenvalue weighted by Gasteiger charge is 2.50. The van der Waals surface area contributed by atoms with Gasteiger partial charge in [0.25, 0.3) is 0 Å². The first-order valence-corrected chi connectivity index (χ1v) is 6.84. The first-order valence-electron chi connectivity index (χ1n) is 6.84. The van der Waals surface area contributed by atoms with Gasteiger partial charge in [-0.25, -0.2) is 0 Å². The van der Waals surface area contributed by atoms with Crippen LogP contribution in [0.25, 0.3) is 0 Å². The van der Waals surface area contributed by atoms with E-state index < -0.39 is 40.7 Å². The molecule has 1 aromatic carbocycles. The number of carbonyl (C=O) groups is 2. The molecule has 7 nitrogen and oxygen atoms in total.